The molecule has 0 aliphatic rings. The number of hydrogen-bond acceptors (Lipinski definition) is 8. The summed E-state index contributed by atoms with van der Waals surface area (Å²) in [6, 6.07) is 2.95. The smallest absolute Gasteiger partial charge is 0.326 e. The van der Waals surface area contributed by atoms with Crippen LogP contribution < -0.4 is 27.4 Å². The molecule has 0 saturated heterocycles. The highest BCUT2D eigenvalue weighted by atomic mass is 16.4. The Balaban J connectivity index is 2.93. The van der Waals surface area contributed by atoms with Gasteiger partial charge < -0.3 is 42.7 Å². The van der Waals surface area contributed by atoms with Crippen molar-refractivity contribution in [2.75, 3.05) is 13.2 Å². The molecule has 0 aromatic heterocycles. The fourth-order valence-electron chi connectivity index (χ4n) is 2.71. The molecule has 1 aromatic rings. The standard InChI is InChI=1S/C20H29N5O8/c21-12(9-26)17(29)25-15(10-27)19(31)23-13(6-7-16(22)28)18(30)24-14(20(32)33)8-11-4-2-1-3-5-11/h1-5,12-15,26-27H,6-10,21H2,(H2,22,28)(H,23,31)(H,24,30)(H,25,29)(H,32,33). The minimum absolute atomic E-state index is 0.0350. The highest BCUT2D eigenvalue weighted by Crippen LogP contribution is 2.06. The predicted octanol–water partition coefficient (Wildman–Crippen LogP) is -3.65. The molecule has 182 valence electrons. The molecule has 0 bridgehead atoms. The maximum atomic E-state index is 12.7. The van der Waals surface area contributed by atoms with Crippen molar-refractivity contribution in [3.63, 3.8) is 0 Å². The first-order valence-corrected chi connectivity index (χ1v) is 10.0. The fraction of sp³-hybridized carbons (Fsp3) is 0.450. The van der Waals surface area contributed by atoms with Gasteiger partial charge >= 0.3 is 5.97 Å². The summed E-state index contributed by atoms with van der Waals surface area (Å²) in [7, 11) is 0. The first-order chi connectivity index (χ1) is 15.6. The maximum Gasteiger partial charge on any atom is 0.326 e. The summed E-state index contributed by atoms with van der Waals surface area (Å²) in [4.78, 5) is 59.8. The summed E-state index contributed by atoms with van der Waals surface area (Å²) in [5.41, 5.74) is 11.1. The fourth-order valence-corrected chi connectivity index (χ4v) is 2.71. The molecule has 1 rings (SSSR count). The molecule has 0 saturated carbocycles. The van der Waals surface area contributed by atoms with Crippen molar-refractivity contribution in [2.45, 2.75) is 43.4 Å². The summed E-state index contributed by atoms with van der Waals surface area (Å²) in [5, 5.41) is 34.5. The lowest BCUT2D eigenvalue weighted by atomic mass is 10.0. The van der Waals surface area contributed by atoms with Crippen molar-refractivity contribution in [2.24, 2.45) is 11.5 Å². The molecule has 33 heavy (non-hydrogen) atoms. The zero-order valence-electron chi connectivity index (χ0n) is 17.8. The number of benzene rings is 1. The third-order valence-corrected chi connectivity index (χ3v) is 4.56. The van der Waals surface area contributed by atoms with E-state index in [9.17, 15) is 34.2 Å². The molecule has 0 spiro atoms. The van der Waals surface area contributed by atoms with Gasteiger partial charge in [-0.25, -0.2) is 4.79 Å². The van der Waals surface area contributed by atoms with E-state index in [0.29, 0.717) is 5.56 Å². The number of rotatable bonds is 14. The molecule has 4 atom stereocenters. The minimum Gasteiger partial charge on any atom is -0.480 e. The SMILES string of the molecule is NC(=O)CCC(NC(=O)C(CO)NC(=O)C(N)CO)C(=O)NC(Cc1ccccc1)C(=O)O. The molecule has 4 unspecified atom stereocenters. The summed E-state index contributed by atoms with van der Waals surface area (Å²) in [6.45, 7) is -1.56. The Hall–Kier alpha value is -3.55. The topological polar surface area (TPSA) is 234 Å². The molecular weight excluding hydrogens is 438 g/mol. The number of aliphatic hydroxyl groups is 2. The Labute approximate surface area is 189 Å². The van der Waals surface area contributed by atoms with Crippen molar-refractivity contribution >= 4 is 29.6 Å². The average Bonchev–Trinajstić information content (AvgIpc) is 2.78. The van der Waals surface area contributed by atoms with Crippen molar-refractivity contribution in [3.8, 4) is 0 Å². The number of hydrogen-bond donors (Lipinski definition) is 8. The first kappa shape index (κ1) is 27.5. The summed E-state index contributed by atoms with van der Waals surface area (Å²) in [6.07, 6.45) is -0.597. The third-order valence-electron chi connectivity index (χ3n) is 4.56. The predicted molar refractivity (Wildman–Crippen MR) is 114 cm³/mol. The van der Waals surface area contributed by atoms with Crippen LogP contribution in [0.4, 0.5) is 0 Å². The van der Waals surface area contributed by atoms with Crippen LogP contribution in [-0.4, -0.2) is 82.3 Å². The van der Waals surface area contributed by atoms with Gasteiger partial charge in [-0.2, -0.15) is 0 Å². The molecule has 0 radical (unpaired) electrons. The molecule has 4 amide bonds. The van der Waals surface area contributed by atoms with Crippen LogP contribution in [0, 0.1) is 0 Å². The third kappa shape index (κ3) is 9.64. The Morgan fingerprint density at radius 2 is 1.36 bits per heavy atom. The second-order valence-corrected chi connectivity index (χ2v) is 7.19. The number of primary amides is 1. The van der Waals surface area contributed by atoms with E-state index < -0.39 is 67.0 Å². The molecule has 13 heteroatoms. The van der Waals surface area contributed by atoms with Gasteiger partial charge in [0.05, 0.1) is 13.2 Å². The summed E-state index contributed by atoms with van der Waals surface area (Å²) < 4.78 is 0. The Kier molecular flexibility index (Phi) is 11.5. The lowest BCUT2D eigenvalue weighted by Gasteiger charge is -2.24. The van der Waals surface area contributed by atoms with E-state index in [1.807, 2.05) is 0 Å². The lowest BCUT2D eigenvalue weighted by molar-refractivity contribution is -0.142. The number of carbonyl (C=O) groups excluding carboxylic acids is 4. The van der Waals surface area contributed by atoms with Gasteiger partial charge in [0.25, 0.3) is 0 Å². The van der Waals surface area contributed by atoms with Crippen LogP contribution in [0.2, 0.25) is 0 Å². The number of nitrogens with one attached hydrogen (secondary N) is 3. The van der Waals surface area contributed by atoms with Crippen LogP contribution in [0.15, 0.2) is 30.3 Å². The van der Waals surface area contributed by atoms with E-state index in [0.717, 1.165) is 0 Å². The van der Waals surface area contributed by atoms with Crippen molar-refractivity contribution in [3.05, 3.63) is 35.9 Å². The number of nitrogens with two attached hydrogens (primary N) is 2. The number of carbonyl (C=O) groups is 5. The van der Waals surface area contributed by atoms with Crippen molar-refractivity contribution < 1.29 is 39.3 Å². The lowest BCUT2D eigenvalue weighted by Crippen LogP contribution is -2.58. The number of carboxylic acid groups (broad SMARTS) is 1. The highest BCUT2D eigenvalue weighted by molar-refractivity contribution is 5.94. The van der Waals surface area contributed by atoms with Crippen molar-refractivity contribution in [1.82, 2.24) is 16.0 Å². The Morgan fingerprint density at radius 1 is 0.818 bits per heavy atom. The van der Waals surface area contributed by atoms with E-state index in [2.05, 4.69) is 16.0 Å². The van der Waals surface area contributed by atoms with Gasteiger partial charge in [0.2, 0.25) is 23.6 Å². The van der Waals surface area contributed by atoms with Crippen LogP contribution in [0.25, 0.3) is 0 Å². The Bertz CT molecular complexity index is 835. The molecule has 0 aliphatic carbocycles. The van der Waals surface area contributed by atoms with Crippen molar-refractivity contribution in [1.29, 1.82) is 0 Å². The largest absolute Gasteiger partial charge is 0.480 e. The zero-order valence-corrected chi connectivity index (χ0v) is 17.8. The normalized spacial score (nSPS) is 14.3. The Morgan fingerprint density at radius 3 is 1.88 bits per heavy atom. The monoisotopic (exact) mass is 467 g/mol. The molecule has 10 N–H and O–H groups in total. The summed E-state index contributed by atoms with van der Waals surface area (Å²) in [5.74, 6) is -4.88. The van der Waals surface area contributed by atoms with Crippen LogP contribution in [0.3, 0.4) is 0 Å². The highest BCUT2D eigenvalue weighted by Gasteiger charge is 2.30. The van der Waals surface area contributed by atoms with Gasteiger partial charge in [-0.15, -0.1) is 0 Å². The van der Waals surface area contributed by atoms with Crippen LogP contribution in [-0.2, 0) is 30.4 Å². The van der Waals surface area contributed by atoms with Gasteiger partial charge in [0.1, 0.15) is 24.2 Å². The van der Waals surface area contributed by atoms with E-state index in [4.69, 9.17) is 16.6 Å². The molecule has 13 nitrogen and oxygen atoms in total. The minimum atomic E-state index is -1.52. The van der Waals surface area contributed by atoms with Crippen LogP contribution >= 0.6 is 0 Å². The first-order valence-electron chi connectivity index (χ1n) is 10.0. The summed E-state index contributed by atoms with van der Waals surface area (Å²) >= 11 is 0. The average molecular weight is 467 g/mol. The van der Waals surface area contributed by atoms with Crippen LogP contribution in [0.1, 0.15) is 18.4 Å². The maximum absolute atomic E-state index is 12.7. The van der Waals surface area contributed by atoms with E-state index in [1.54, 1.807) is 30.3 Å². The molecular formula is C20H29N5O8. The van der Waals surface area contributed by atoms with E-state index >= 15 is 0 Å². The van der Waals surface area contributed by atoms with Gasteiger partial charge in [-0.3, -0.25) is 19.2 Å². The van der Waals surface area contributed by atoms with Gasteiger partial charge in [0.15, 0.2) is 0 Å². The van der Waals surface area contributed by atoms with Gasteiger partial charge in [0, 0.05) is 12.8 Å². The zero-order chi connectivity index (χ0) is 25.0. The molecule has 0 aliphatic heterocycles. The number of aliphatic hydroxyl groups excluding tert-OH is 2. The number of amides is 4. The molecule has 1 aromatic carbocycles. The quantitative estimate of drug-likeness (QED) is 0.134. The van der Waals surface area contributed by atoms with Gasteiger partial charge in [-0.1, -0.05) is 30.3 Å². The number of aliphatic carboxylic acids is 1. The molecule has 0 heterocycles. The van der Waals surface area contributed by atoms with Crippen LogP contribution in [0.5, 0.6) is 0 Å². The molecule has 0 fully saturated rings. The van der Waals surface area contributed by atoms with E-state index in [1.165, 1.54) is 0 Å². The second-order valence-electron chi connectivity index (χ2n) is 7.19. The number of carboxylic acids is 1. The van der Waals surface area contributed by atoms with Gasteiger partial charge in [-0.05, 0) is 12.0 Å². The van der Waals surface area contributed by atoms with E-state index in [-0.39, 0.29) is 19.3 Å². The second kappa shape index (κ2) is 13.8.